The van der Waals surface area contributed by atoms with Gasteiger partial charge in [0.2, 0.25) is 0 Å². The van der Waals surface area contributed by atoms with Crippen LogP contribution < -0.4 is 4.74 Å². The van der Waals surface area contributed by atoms with Crippen LogP contribution in [0.4, 0.5) is 8.78 Å². The zero-order valence-electron chi connectivity index (χ0n) is 14.2. The second-order valence-corrected chi connectivity index (χ2v) is 5.66. The van der Waals surface area contributed by atoms with Crippen LogP contribution in [0.15, 0.2) is 18.5 Å². The van der Waals surface area contributed by atoms with E-state index < -0.39 is 11.6 Å². The third-order valence-electron chi connectivity index (χ3n) is 4.17. The monoisotopic (exact) mass is 332 g/mol. The highest BCUT2D eigenvalue weighted by molar-refractivity contribution is 5.75. The van der Waals surface area contributed by atoms with Gasteiger partial charge in [-0.25, -0.2) is 13.8 Å². The van der Waals surface area contributed by atoms with Gasteiger partial charge < -0.3 is 4.74 Å². The van der Waals surface area contributed by atoms with Crippen LogP contribution in [0.5, 0.6) is 5.75 Å². The summed E-state index contributed by atoms with van der Waals surface area (Å²) in [6.45, 7) is 5.50. The summed E-state index contributed by atoms with van der Waals surface area (Å²) < 4.78 is 37.5. The summed E-state index contributed by atoms with van der Waals surface area (Å²) in [6, 6.07) is 2.33. The average Bonchev–Trinajstić information content (AvgIpc) is 2.99. The predicted molar refractivity (Wildman–Crippen MR) is 86.4 cm³/mol. The number of ether oxygens (including phenoxy) is 1. The molecule has 0 fully saturated rings. The Balaban J connectivity index is 2.33. The van der Waals surface area contributed by atoms with Gasteiger partial charge in [0.15, 0.2) is 0 Å². The van der Waals surface area contributed by atoms with Crippen LogP contribution in [0.2, 0.25) is 0 Å². The van der Waals surface area contributed by atoms with Gasteiger partial charge in [0, 0.05) is 24.9 Å². The van der Waals surface area contributed by atoms with Crippen LogP contribution in [-0.4, -0.2) is 26.4 Å². The largest absolute Gasteiger partial charge is 0.497 e. The van der Waals surface area contributed by atoms with Gasteiger partial charge in [-0.1, -0.05) is 0 Å². The van der Waals surface area contributed by atoms with E-state index in [0.29, 0.717) is 17.1 Å². The molecule has 0 atom stereocenters. The molecule has 5 nitrogen and oxygen atoms in total. The highest BCUT2D eigenvalue weighted by atomic mass is 19.1. The van der Waals surface area contributed by atoms with Crippen molar-refractivity contribution < 1.29 is 13.5 Å². The van der Waals surface area contributed by atoms with Gasteiger partial charge in [0.25, 0.3) is 0 Å². The Morgan fingerprint density at radius 3 is 2.12 bits per heavy atom. The molecule has 126 valence electrons. The van der Waals surface area contributed by atoms with Crippen molar-refractivity contribution in [3.8, 4) is 22.7 Å². The Labute approximate surface area is 138 Å². The van der Waals surface area contributed by atoms with Crippen LogP contribution in [-0.2, 0) is 7.05 Å². The topological polar surface area (TPSA) is 44.9 Å². The molecule has 0 radical (unpaired) electrons. The fourth-order valence-corrected chi connectivity index (χ4v) is 2.83. The molecular formula is C17H18F2N4O. The SMILES string of the molecule is COc1cc(F)c(-c2c(C)nn(C)c2-n2cnc(C)c2C)c(F)c1. The third kappa shape index (κ3) is 2.36. The number of halogens is 2. The van der Waals surface area contributed by atoms with E-state index in [1.165, 1.54) is 19.2 Å². The van der Waals surface area contributed by atoms with Gasteiger partial charge >= 0.3 is 0 Å². The zero-order valence-corrected chi connectivity index (χ0v) is 14.2. The highest BCUT2D eigenvalue weighted by Crippen LogP contribution is 2.36. The number of nitrogens with zero attached hydrogens (tertiary/aromatic N) is 4. The zero-order chi connectivity index (χ0) is 17.6. The molecule has 3 rings (SSSR count). The van der Waals surface area contributed by atoms with E-state index in [1.54, 1.807) is 29.5 Å². The summed E-state index contributed by atoms with van der Waals surface area (Å²) in [5.41, 5.74) is 2.53. The number of aromatic nitrogens is 4. The van der Waals surface area contributed by atoms with Crippen molar-refractivity contribution in [3.05, 3.63) is 47.2 Å². The van der Waals surface area contributed by atoms with Crippen LogP contribution in [0.1, 0.15) is 17.1 Å². The van der Waals surface area contributed by atoms with E-state index in [9.17, 15) is 8.78 Å². The molecular weight excluding hydrogens is 314 g/mol. The summed E-state index contributed by atoms with van der Waals surface area (Å²) >= 11 is 0. The molecule has 0 aliphatic heterocycles. The summed E-state index contributed by atoms with van der Waals surface area (Å²) in [5, 5.41) is 4.34. The smallest absolute Gasteiger partial charge is 0.144 e. The second-order valence-electron chi connectivity index (χ2n) is 5.66. The number of methoxy groups -OCH3 is 1. The van der Waals surface area contributed by atoms with Crippen molar-refractivity contribution in [3.63, 3.8) is 0 Å². The number of hydrogen-bond donors (Lipinski definition) is 0. The van der Waals surface area contributed by atoms with E-state index >= 15 is 0 Å². The highest BCUT2D eigenvalue weighted by Gasteiger charge is 2.24. The minimum atomic E-state index is -0.696. The van der Waals surface area contributed by atoms with Gasteiger partial charge in [0.1, 0.15) is 29.5 Å². The van der Waals surface area contributed by atoms with E-state index in [-0.39, 0.29) is 11.3 Å². The molecule has 0 N–H and O–H groups in total. The number of hydrogen-bond acceptors (Lipinski definition) is 3. The van der Waals surface area contributed by atoms with Crippen LogP contribution in [0, 0.1) is 32.4 Å². The molecule has 24 heavy (non-hydrogen) atoms. The second kappa shape index (κ2) is 5.74. The Bertz CT molecular complexity index is 904. The summed E-state index contributed by atoms with van der Waals surface area (Å²) in [6.07, 6.45) is 1.63. The van der Waals surface area contributed by atoms with E-state index in [4.69, 9.17) is 4.74 Å². The normalized spacial score (nSPS) is 11.1. The molecule has 1 aromatic carbocycles. The minimum absolute atomic E-state index is 0.123. The van der Waals surface area contributed by atoms with E-state index in [1.807, 2.05) is 13.8 Å². The third-order valence-corrected chi connectivity index (χ3v) is 4.17. The quantitative estimate of drug-likeness (QED) is 0.737. The van der Waals surface area contributed by atoms with Crippen molar-refractivity contribution in [2.24, 2.45) is 7.05 Å². The molecule has 0 aliphatic rings. The van der Waals surface area contributed by atoms with E-state index in [0.717, 1.165) is 11.4 Å². The molecule has 0 amide bonds. The standard InChI is InChI=1S/C17H18F2N4O/c1-9-11(3)23(8-20-9)17-15(10(2)21-22(17)4)16-13(18)6-12(24-5)7-14(16)19/h6-8H,1-5H3. The maximum Gasteiger partial charge on any atom is 0.144 e. The van der Waals surface area contributed by atoms with Gasteiger partial charge in [-0.05, 0) is 20.8 Å². The first-order valence-electron chi connectivity index (χ1n) is 7.43. The predicted octanol–water partition coefficient (Wildman–Crippen LogP) is 3.48. The Kier molecular flexibility index (Phi) is 3.87. The first kappa shape index (κ1) is 16.2. The summed E-state index contributed by atoms with van der Waals surface area (Å²) in [5.74, 6) is -0.697. The van der Waals surface area contributed by atoms with Crippen molar-refractivity contribution in [1.82, 2.24) is 19.3 Å². The number of aryl methyl sites for hydroxylation is 3. The lowest BCUT2D eigenvalue weighted by molar-refractivity contribution is 0.407. The molecule has 0 spiro atoms. The number of benzene rings is 1. The van der Waals surface area contributed by atoms with Crippen LogP contribution in [0.25, 0.3) is 16.9 Å². The molecule has 2 aromatic heterocycles. The molecule has 3 aromatic rings. The van der Waals surface area contributed by atoms with Crippen LogP contribution in [0.3, 0.4) is 0 Å². The van der Waals surface area contributed by atoms with Crippen molar-refractivity contribution >= 4 is 0 Å². The first-order valence-corrected chi connectivity index (χ1v) is 7.43. The minimum Gasteiger partial charge on any atom is -0.497 e. The van der Waals surface area contributed by atoms with Crippen LogP contribution >= 0.6 is 0 Å². The molecule has 7 heteroatoms. The van der Waals surface area contributed by atoms with Gasteiger partial charge in [-0.3, -0.25) is 9.25 Å². The van der Waals surface area contributed by atoms with Gasteiger partial charge in [-0.2, -0.15) is 5.10 Å². The number of rotatable bonds is 3. The number of imidazole rings is 1. The lowest BCUT2D eigenvalue weighted by Crippen LogP contribution is -2.06. The molecule has 0 aliphatic carbocycles. The molecule has 2 heterocycles. The lowest BCUT2D eigenvalue weighted by Gasteiger charge is -2.12. The fraction of sp³-hybridized carbons (Fsp3) is 0.294. The van der Waals surface area contributed by atoms with Crippen molar-refractivity contribution in [1.29, 1.82) is 0 Å². The Hall–Kier alpha value is -2.70. The Morgan fingerprint density at radius 2 is 1.62 bits per heavy atom. The first-order chi connectivity index (χ1) is 11.3. The molecule has 0 saturated carbocycles. The van der Waals surface area contributed by atoms with Crippen molar-refractivity contribution in [2.45, 2.75) is 20.8 Å². The molecule has 0 bridgehead atoms. The maximum absolute atomic E-state index is 14.6. The Morgan fingerprint density at radius 1 is 1.00 bits per heavy atom. The maximum atomic E-state index is 14.6. The van der Waals surface area contributed by atoms with Crippen molar-refractivity contribution in [2.75, 3.05) is 7.11 Å². The molecule has 0 saturated heterocycles. The summed E-state index contributed by atoms with van der Waals surface area (Å²) in [4.78, 5) is 4.26. The summed E-state index contributed by atoms with van der Waals surface area (Å²) in [7, 11) is 3.10. The molecule has 0 unspecified atom stereocenters. The lowest BCUT2D eigenvalue weighted by atomic mass is 10.0. The van der Waals surface area contributed by atoms with Gasteiger partial charge in [0.05, 0.1) is 29.6 Å². The average molecular weight is 332 g/mol. The van der Waals surface area contributed by atoms with E-state index in [2.05, 4.69) is 10.1 Å². The fourth-order valence-electron chi connectivity index (χ4n) is 2.83. The van der Waals surface area contributed by atoms with Gasteiger partial charge in [-0.15, -0.1) is 0 Å².